The lowest BCUT2D eigenvalue weighted by Crippen LogP contribution is -2.46. The first-order valence-electron chi connectivity index (χ1n) is 15.6. The second-order valence-corrected chi connectivity index (χ2v) is 16.8. The van der Waals surface area contributed by atoms with Crippen molar-refractivity contribution in [2.24, 2.45) is 5.92 Å². The summed E-state index contributed by atoms with van der Waals surface area (Å²) in [5.41, 5.74) is 2.24. The zero-order valence-corrected chi connectivity index (χ0v) is 26.6. The summed E-state index contributed by atoms with van der Waals surface area (Å²) in [5.74, 6) is -0.564. The maximum atomic E-state index is 14.7. The Morgan fingerprint density at radius 1 is 1.23 bits per heavy atom. The Morgan fingerprint density at radius 2 is 2.02 bits per heavy atom. The highest BCUT2D eigenvalue weighted by Gasteiger charge is 2.66. The first kappa shape index (κ1) is 30.6. The monoisotopic (exact) mass is 618 g/mol. The Balaban J connectivity index is 1.36. The molecule has 2 saturated heterocycles. The topological polar surface area (TPSA) is 142 Å². The van der Waals surface area contributed by atoms with Crippen LogP contribution >= 0.6 is 0 Å². The van der Waals surface area contributed by atoms with E-state index >= 15 is 0 Å². The number of carbonyl (C=O) groups is 2. The molecule has 0 bridgehead atoms. The van der Waals surface area contributed by atoms with Crippen LogP contribution in [0.1, 0.15) is 43.0 Å². The summed E-state index contributed by atoms with van der Waals surface area (Å²) >= 11 is 0. The number of hydrogen-bond acceptors (Lipinski definition) is 8. The van der Waals surface area contributed by atoms with Crippen molar-refractivity contribution < 1.29 is 24.2 Å². The zero-order valence-electron chi connectivity index (χ0n) is 25.6. The molecule has 11 nitrogen and oxygen atoms in total. The van der Waals surface area contributed by atoms with Gasteiger partial charge in [0.15, 0.2) is 13.9 Å². The third-order valence-electron chi connectivity index (χ3n) is 9.41. The molecule has 4 N–H and O–H groups in total. The van der Waals surface area contributed by atoms with Crippen LogP contribution in [0, 0.1) is 5.92 Å². The van der Waals surface area contributed by atoms with Gasteiger partial charge in [-0.25, -0.2) is 0 Å². The van der Waals surface area contributed by atoms with Crippen LogP contribution in [0.2, 0.25) is 18.6 Å². The largest absolute Gasteiger partial charge is 0.432 e. The van der Waals surface area contributed by atoms with Gasteiger partial charge in [-0.3, -0.25) is 14.3 Å². The molecule has 0 unspecified atom stereocenters. The van der Waals surface area contributed by atoms with Gasteiger partial charge in [-0.15, -0.1) is 5.10 Å². The van der Waals surface area contributed by atoms with E-state index < -0.39 is 20.0 Å². The third-order valence-corrected chi connectivity index (χ3v) is 11.9. The van der Waals surface area contributed by atoms with Gasteiger partial charge in [0.2, 0.25) is 5.91 Å². The van der Waals surface area contributed by atoms with E-state index in [4.69, 9.17) is 4.74 Å². The molecule has 234 valence electrons. The van der Waals surface area contributed by atoms with E-state index in [2.05, 4.69) is 20.9 Å². The van der Waals surface area contributed by atoms with E-state index in [1.54, 1.807) is 9.58 Å². The average molecular weight is 619 g/mol. The number of rotatable bonds is 10. The van der Waals surface area contributed by atoms with Crippen LogP contribution in [0.25, 0.3) is 0 Å². The van der Waals surface area contributed by atoms with E-state index in [0.717, 1.165) is 36.2 Å². The Hall–Kier alpha value is -3.42. The zero-order chi connectivity index (χ0) is 31.1. The molecule has 2 fully saturated rings. The first-order valence-corrected chi connectivity index (χ1v) is 18.6. The SMILES string of the molecule is C[C@H]1[C@H]([Si](C)(C)O)[C@@H](CCn2cc(CCO)nn2)O[C@]12C(=O)N(Cc1ccccc1)c1ccc(NC(=O)[C@H]3CCCN3)cc12. The number of nitrogens with one attached hydrogen (secondary N) is 2. The highest BCUT2D eigenvalue weighted by molar-refractivity contribution is 6.71. The molecule has 0 saturated carbocycles. The lowest BCUT2D eigenvalue weighted by molar-refractivity contribution is -0.146. The minimum atomic E-state index is -2.85. The highest BCUT2D eigenvalue weighted by atomic mass is 28.4. The second-order valence-electron chi connectivity index (χ2n) is 12.8. The average Bonchev–Trinajstić information content (AvgIpc) is 3.78. The van der Waals surface area contributed by atoms with Crippen LogP contribution in [-0.4, -0.2) is 70.3 Å². The maximum Gasteiger partial charge on any atom is 0.264 e. The number of aliphatic hydroxyl groups excluding tert-OH is 1. The van der Waals surface area contributed by atoms with E-state index in [1.165, 1.54) is 0 Å². The molecule has 4 heterocycles. The second kappa shape index (κ2) is 12.2. The van der Waals surface area contributed by atoms with Crippen molar-refractivity contribution in [3.8, 4) is 0 Å². The summed E-state index contributed by atoms with van der Waals surface area (Å²) in [6.07, 6.45) is 4.11. The van der Waals surface area contributed by atoms with E-state index in [9.17, 15) is 19.5 Å². The maximum absolute atomic E-state index is 14.7. The van der Waals surface area contributed by atoms with Gasteiger partial charge < -0.3 is 30.2 Å². The normalized spacial score (nSPS) is 26.5. The minimum Gasteiger partial charge on any atom is -0.432 e. The molecule has 1 spiro atoms. The number of aromatic nitrogens is 3. The molecule has 44 heavy (non-hydrogen) atoms. The third kappa shape index (κ3) is 5.61. The van der Waals surface area contributed by atoms with Crippen molar-refractivity contribution in [2.75, 3.05) is 23.4 Å². The fourth-order valence-corrected chi connectivity index (χ4v) is 10.0. The van der Waals surface area contributed by atoms with Crippen molar-refractivity contribution in [3.05, 3.63) is 71.5 Å². The quantitative estimate of drug-likeness (QED) is 0.254. The van der Waals surface area contributed by atoms with Crippen LogP contribution in [0.3, 0.4) is 0 Å². The van der Waals surface area contributed by atoms with Gasteiger partial charge in [0.05, 0.1) is 30.1 Å². The van der Waals surface area contributed by atoms with Crippen LogP contribution in [-0.2, 0) is 39.4 Å². The standard InChI is InChI=1S/C32H42N6O5Si/c1-21-29(44(2,3)42)28(13-16-37-20-24(14-17-39)35-36-37)43-32(21)25-18-23(34-30(40)26-10-7-15-33-26)11-12-27(25)38(31(32)41)19-22-8-5-4-6-9-22/h4-6,8-9,11-12,18,20-21,26,28-29,33,39,42H,7,10,13-17,19H2,1-3H3,(H,34,40)/t21-,26+,28+,29-,32+/m0/s1. The van der Waals surface area contributed by atoms with Crippen LogP contribution < -0.4 is 15.5 Å². The summed E-state index contributed by atoms with van der Waals surface area (Å²) in [5, 5.41) is 23.9. The fourth-order valence-electron chi connectivity index (χ4n) is 7.42. The van der Waals surface area contributed by atoms with Crippen LogP contribution in [0.15, 0.2) is 54.7 Å². The molecule has 3 aromatic rings. The van der Waals surface area contributed by atoms with Gasteiger partial charge in [-0.2, -0.15) is 0 Å². The van der Waals surface area contributed by atoms with Crippen molar-refractivity contribution in [3.63, 3.8) is 0 Å². The number of ether oxygens (including phenoxy) is 1. The van der Waals surface area contributed by atoms with Crippen molar-refractivity contribution >= 4 is 31.5 Å². The molecule has 0 radical (unpaired) electrons. The van der Waals surface area contributed by atoms with Gasteiger partial charge in [0, 0.05) is 48.5 Å². The van der Waals surface area contributed by atoms with E-state index in [1.807, 2.05) is 74.7 Å². The molecule has 3 aliphatic heterocycles. The predicted octanol–water partition coefficient (Wildman–Crippen LogP) is 2.94. The summed E-state index contributed by atoms with van der Waals surface area (Å²) < 4.78 is 8.69. The molecule has 5 atom stereocenters. The number of carbonyl (C=O) groups excluding carboxylic acids is 2. The number of fused-ring (bicyclic) bond motifs is 2. The minimum absolute atomic E-state index is 0.00253. The van der Waals surface area contributed by atoms with Crippen molar-refractivity contribution in [1.82, 2.24) is 20.3 Å². The van der Waals surface area contributed by atoms with Gasteiger partial charge in [-0.05, 0) is 62.7 Å². The lowest BCUT2D eigenvalue weighted by atomic mass is 9.82. The number of aryl methyl sites for hydroxylation is 1. The number of amides is 2. The fraction of sp³-hybridized carbons (Fsp3) is 0.500. The van der Waals surface area contributed by atoms with Gasteiger partial charge in [-0.1, -0.05) is 42.5 Å². The molecular weight excluding hydrogens is 576 g/mol. The summed E-state index contributed by atoms with van der Waals surface area (Å²) in [7, 11) is -2.85. The number of benzene rings is 2. The first-order chi connectivity index (χ1) is 21.1. The Kier molecular flexibility index (Phi) is 8.46. The highest BCUT2D eigenvalue weighted by Crippen LogP contribution is 2.60. The van der Waals surface area contributed by atoms with Crippen molar-refractivity contribution in [2.45, 2.75) is 82.1 Å². The molecule has 2 aromatic carbocycles. The molecule has 3 aliphatic rings. The number of anilines is 2. The summed E-state index contributed by atoms with van der Waals surface area (Å²) in [4.78, 5) is 41.1. The summed E-state index contributed by atoms with van der Waals surface area (Å²) in [6, 6.07) is 15.3. The molecule has 1 aromatic heterocycles. The molecule has 6 rings (SSSR count). The lowest BCUT2D eigenvalue weighted by Gasteiger charge is -2.32. The Labute approximate surface area is 258 Å². The smallest absolute Gasteiger partial charge is 0.264 e. The van der Waals surface area contributed by atoms with Crippen LogP contribution in [0.5, 0.6) is 0 Å². The number of aliphatic hydroxyl groups is 1. The molecule has 0 aliphatic carbocycles. The molecular formula is C32H42N6O5Si. The van der Waals surface area contributed by atoms with Crippen molar-refractivity contribution in [1.29, 1.82) is 0 Å². The molecule has 12 heteroatoms. The van der Waals surface area contributed by atoms with Gasteiger partial charge in [0.25, 0.3) is 5.91 Å². The van der Waals surface area contributed by atoms with E-state index in [0.29, 0.717) is 37.3 Å². The number of nitrogens with zero attached hydrogens (tertiary/aromatic N) is 4. The Morgan fingerprint density at radius 3 is 2.73 bits per heavy atom. The van der Waals surface area contributed by atoms with Crippen LogP contribution in [0.4, 0.5) is 11.4 Å². The van der Waals surface area contributed by atoms with E-state index in [-0.39, 0.29) is 35.9 Å². The predicted molar refractivity (Wildman–Crippen MR) is 168 cm³/mol. The Bertz CT molecular complexity index is 1500. The van der Waals surface area contributed by atoms with Gasteiger partial charge in [0.1, 0.15) is 0 Å². The molecule has 2 amide bonds. The number of hydrogen-bond donors (Lipinski definition) is 4. The summed E-state index contributed by atoms with van der Waals surface area (Å²) in [6.45, 7) is 7.53. The van der Waals surface area contributed by atoms with Gasteiger partial charge >= 0.3 is 0 Å².